The maximum Gasteiger partial charge on any atom is 0.126 e. The van der Waals surface area contributed by atoms with Gasteiger partial charge >= 0.3 is 0 Å². The van der Waals surface area contributed by atoms with Crippen LogP contribution in [0.5, 0.6) is 0 Å². The predicted molar refractivity (Wildman–Crippen MR) is 46.5 cm³/mol. The first kappa shape index (κ1) is 9.20. The van der Waals surface area contributed by atoms with Crippen LogP contribution in [0.25, 0.3) is 0 Å². The quantitative estimate of drug-likeness (QED) is 0.683. The Bertz CT molecular complexity index is 292. The molecule has 0 aliphatic carbocycles. The van der Waals surface area contributed by atoms with Gasteiger partial charge in [-0.2, -0.15) is 0 Å². The smallest absolute Gasteiger partial charge is 0.126 e. The van der Waals surface area contributed by atoms with Crippen molar-refractivity contribution in [1.82, 2.24) is 0 Å². The standard InChI is InChI=1S/C10H13FO/c1-6-4-7(2)10(11)5-9(6)8(3)12/h4-5,8,12H,1-3H3/t8-/m1/s1. The Hall–Kier alpha value is -0.890. The lowest BCUT2D eigenvalue weighted by Gasteiger charge is -2.09. The molecular formula is C10H13FO. The minimum atomic E-state index is -0.597. The summed E-state index contributed by atoms with van der Waals surface area (Å²) >= 11 is 0. The summed E-state index contributed by atoms with van der Waals surface area (Å²) in [6, 6.07) is 3.15. The summed E-state index contributed by atoms with van der Waals surface area (Å²) < 4.78 is 13.0. The predicted octanol–water partition coefficient (Wildman–Crippen LogP) is 2.50. The fraction of sp³-hybridized carbons (Fsp3) is 0.400. The molecule has 1 atom stereocenters. The number of halogens is 1. The lowest BCUT2D eigenvalue weighted by atomic mass is 10.0. The van der Waals surface area contributed by atoms with Gasteiger partial charge in [-0.3, -0.25) is 0 Å². The third-order valence-electron chi connectivity index (χ3n) is 2.00. The molecule has 0 radical (unpaired) electrons. The van der Waals surface area contributed by atoms with E-state index in [4.69, 9.17) is 0 Å². The molecule has 0 amide bonds. The molecule has 2 heteroatoms. The molecule has 0 unspecified atom stereocenters. The number of hydrogen-bond donors (Lipinski definition) is 1. The maximum absolute atomic E-state index is 13.0. The van der Waals surface area contributed by atoms with Gasteiger partial charge in [-0.1, -0.05) is 6.07 Å². The summed E-state index contributed by atoms with van der Waals surface area (Å²) in [7, 11) is 0. The highest BCUT2D eigenvalue weighted by molar-refractivity contribution is 5.32. The Kier molecular flexibility index (Phi) is 2.48. The maximum atomic E-state index is 13.0. The zero-order valence-electron chi connectivity index (χ0n) is 7.56. The number of aliphatic hydroxyl groups is 1. The summed E-state index contributed by atoms with van der Waals surface area (Å²) in [5.74, 6) is -0.253. The minimum Gasteiger partial charge on any atom is -0.389 e. The Labute approximate surface area is 71.9 Å². The number of rotatable bonds is 1. The Balaban J connectivity index is 3.23. The van der Waals surface area contributed by atoms with Crippen molar-refractivity contribution in [2.45, 2.75) is 26.9 Å². The molecule has 1 aromatic rings. The van der Waals surface area contributed by atoms with Crippen molar-refractivity contribution >= 4 is 0 Å². The molecule has 1 aromatic carbocycles. The first-order valence-corrected chi connectivity index (χ1v) is 3.97. The van der Waals surface area contributed by atoms with Crippen molar-refractivity contribution in [2.75, 3.05) is 0 Å². The van der Waals surface area contributed by atoms with E-state index in [1.165, 1.54) is 6.07 Å². The third kappa shape index (κ3) is 1.64. The molecule has 0 aliphatic rings. The fourth-order valence-corrected chi connectivity index (χ4v) is 1.29. The van der Waals surface area contributed by atoms with E-state index >= 15 is 0 Å². The molecule has 0 fully saturated rings. The van der Waals surface area contributed by atoms with Gasteiger partial charge < -0.3 is 5.11 Å². The van der Waals surface area contributed by atoms with Gasteiger partial charge in [-0.15, -0.1) is 0 Å². The van der Waals surface area contributed by atoms with Crippen LogP contribution in [0.4, 0.5) is 4.39 Å². The van der Waals surface area contributed by atoms with Crippen LogP contribution >= 0.6 is 0 Å². The second-order valence-corrected chi connectivity index (χ2v) is 3.13. The molecule has 66 valence electrons. The molecule has 0 saturated heterocycles. The molecule has 0 bridgehead atoms. The molecule has 1 rings (SSSR count). The van der Waals surface area contributed by atoms with Crippen LogP contribution in [-0.4, -0.2) is 5.11 Å². The first-order chi connectivity index (χ1) is 5.52. The van der Waals surface area contributed by atoms with E-state index in [-0.39, 0.29) is 5.82 Å². The molecule has 0 heterocycles. The van der Waals surface area contributed by atoms with Gasteiger partial charge in [0.2, 0.25) is 0 Å². The van der Waals surface area contributed by atoms with E-state index in [0.29, 0.717) is 11.1 Å². The zero-order chi connectivity index (χ0) is 9.30. The lowest BCUT2D eigenvalue weighted by Crippen LogP contribution is -1.97. The van der Waals surface area contributed by atoms with E-state index in [0.717, 1.165) is 5.56 Å². The van der Waals surface area contributed by atoms with Crippen molar-refractivity contribution < 1.29 is 9.50 Å². The minimum absolute atomic E-state index is 0.253. The highest BCUT2D eigenvalue weighted by Gasteiger charge is 2.07. The summed E-state index contributed by atoms with van der Waals surface area (Å²) in [4.78, 5) is 0. The summed E-state index contributed by atoms with van der Waals surface area (Å²) in [5, 5.41) is 9.25. The molecule has 0 saturated carbocycles. The molecule has 1 nitrogen and oxygen atoms in total. The Morgan fingerprint density at radius 1 is 1.25 bits per heavy atom. The van der Waals surface area contributed by atoms with Gasteiger partial charge in [0.1, 0.15) is 5.82 Å². The van der Waals surface area contributed by atoms with E-state index in [9.17, 15) is 9.50 Å². The van der Waals surface area contributed by atoms with Crippen molar-refractivity contribution in [3.63, 3.8) is 0 Å². The number of hydrogen-bond acceptors (Lipinski definition) is 1. The van der Waals surface area contributed by atoms with Crippen molar-refractivity contribution in [1.29, 1.82) is 0 Å². The molecule has 1 N–H and O–H groups in total. The normalized spacial score (nSPS) is 13.1. The summed E-state index contributed by atoms with van der Waals surface area (Å²) in [5.41, 5.74) is 2.22. The Morgan fingerprint density at radius 2 is 1.83 bits per heavy atom. The second kappa shape index (κ2) is 3.23. The fourth-order valence-electron chi connectivity index (χ4n) is 1.29. The highest BCUT2D eigenvalue weighted by atomic mass is 19.1. The van der Waals surface area contributed by atoms with Crippen LogP contribution in [0.1, 0.15) is 29.7 Å². The molecule has 0 aromatic heterocycles. The van der Waals surface area contributed by atoms with Crippen LogP contribution in [0.15, 0.2) is 12.1 Å². The van der Waals surface area contributed by atoms with Gasteiger partial charge in [0.15, 0.2) is 0 Å². The van der Waals surface area contributed by atoms with Crippen molar-refractivity contribution in [3.05, 3.63) is 34.6 Å². The molecule has 0 spiro atoms. The van der Waals surface area contributed by atoms with Crippen LogP contribution in [0.3, 0.4) is 0 Å². The van der Waals surface area contributed by atoms with Crippen LogP contribution < -0.4 is 0 Å². The second-order valence-electron chi connectivity index (χ2n) is 3.13. The summed E-state index contributed by atoms with van der Waals surface area (Å²) in [6.45, 7) is 5.22. The monoisotopic (exact) mass is 168 g/mol. The molecule has 12 heavy (non-hydrogen) atoms. The average Bonchev–Trinajstić information content (AvgIpc) is 1.96. The average molecular weight is 168 g/mol. The first-order valence-electron chi connectivity index (χ1n) is 3.97. The topological polar surface area (TPSA) is 20.2 Å². The van der Waals surface area contributed by atoms with Gasteiger partial charge in [-0.05, 0) is 43.5 Å². The molecule has 0 aliphatic heterocycles. The molecular weight excluding hydrogens is 155 g/mol. The van der Waals surface area contributed by atoms with E-state index in [2.05, 4.69) is 0 Å². The number of aliphatic hydroxyl groups excluding tert-OH is 1. The summed E-state index contributed by atoms with van der Waals surface area (Å²) in [6.07, 6.45) is -0.597. The Morgan fingerprint density at radius 3 is 2.33 bits per heavy atom. The van der Waals surface area contributed by atoms with Gasteiger partial charge in [0.25, 0.3) is 0 Å². The number of aryl methyl sites for hydroxylation is 2. The largest absolute Gasteiger partial charge is 0.389 e. The van der Waals surface area contributed by atoms with E-state index < -0.39 is 6.10 Å². The van der Waals surface area contributed by atoms with E-state index in [1.54, 1.807) is 19.9 Å². The van der Waals surface area contributed by atoms with Crippen LogP contribution in [0.2, 0.25) is 0 Å². The van der Waals surface area contributed by atoms with Crippen molar-refractivity contribution in [2.24, 2.45) is 0 Å². The van der Waals surface area contributed by atoms with Gasteiger partial charge in [-0.25, -0.2) is 4.39 Å². The van der Waals surface area contributed by atoms with Crippen LogP contribution in [0, 0.1) is 19.7 Å². The van der Waals surface area contributed by atoms with Crippen LogP contribution in [-0.2, 0) is 0 Å². The van der Waals surface area contributed by atoms with Gasteiger partial charge in [0, 0.05) is 0 Å². The van der Waals surface area contributed by atoms with Crippen molar-refractivity contribution in [3.8, 4) is 0 Å². The number of benzene rings is 1. The third-order valence-corrected chi connectivity index (χ3v) is 2.00. The zero-order valence-corrected chi connectivity index (χ0v) is 7.56. The van der Waals surface area contributed by atoms with Gasteiger partial charge in [0.05, 0.1) is 6.10 Å². The van der Waals surface area contributed by atoms with E-state index in [1.807, 2.05) is 6.92 Å². The lowest BCUT2D eigenvalue weighted by molar-refractivity contribution is 0.198. The SMILES string of the molecule is Cc1cc(C)c([C@@H](C)O)cc1F. The highest BCUT2D eigenvalue weighted by Crippen LogP contribution is 2.20.